The summed E-state index contributed by atoms with van der Waals surface area (Å²) in [5, 5.41) is 0.452. The van der Waals surface area contributed by atoms with E-state index in [1.807, 2.05) is 18.2 Å². The van der Waals surface area contributed by atoms with Crippen molar-refractivity contribution in [2.75, 3.05) is 14.1 Å². The molecule has 3 aliphatic rings. The summed E-state index contributed by atoms with van der Waals surface area (Å²) in [5.74, 6) is -0.0748. The van der Waals surface area contributed by atoms with Crippen LogP contribution in [0, 0.1) is 11.8 Å². The molecule has 0 saturated heterocycles. The van der Waals surface area contributed by atoms with Gasteiger partial charge in [0.15, 0.2) is 5.17 Å². The molecule has 1 spiro atoms. The van der Waals surface area contributed by atoms with Crippen molar-refractivity contribution >= 4 is 50.7 Å². The highest BCUT2D eigenvalue weighted by molar-refractivity contribution is 9.10. The van der Waals surface area contributed by atoms with Crippen LogP contribution in [0.2, 0.25) is 0 Å². The third kappa shape index (κ3) is 2.91. The van der Waals surface area contributed by atoms with Gasteiger partial charge in [0.2, 0.25) is 5.91 Å². The van der Waals surface area contributed by atoms with Crippen LogP contribution in [0.4, 0.5) is 4.39 Å². The topological polar surface area (TPSA) is 71.6 Å². The number of rotatable bonds is 3. The van der Waals surface area contributed by atoms with Crippen molar-refractivity contribution in [1.29, 1.82) is 0 Å². The van der Waals surface area contributed by atoms with Crippen molar-refractivity contribution in [2.45, 2.75) is 23.6 Å². The molecule has 5 rings (SSSR count). The second-order valence-electron chi connectivity index (χ2n) is 8.68. The number of pyridine rings is 1. The van der Waals surface area contributed by atoms with E-state index in [0.29, 0.717) is 5.17 Å². The molecule has 2 heterocycles. The second kappa shape index (κ2) is 6.90. The lowest BCUT2D eigenvalue weighted by molar-refractivity contribution is -0.129. The zero-order valence-electron chi connectivity index (χ0n) is 17.4. The fraction of sp³-hybridized carbons (Fsp3) is 0.348. The molecule has 8 heteroatoms. The third-order valence-corrected chi connectivity index (χ3v) is 8.60. The van der Waals surface area contributed by atoms with Gasteiger partial charge in [-0.25, -0.2) is 4.39 Å². The van der Waals surface area contributed by atoms with Crippen molar-refractivity contribution < 1.29 is 9.18 Å². The number of aliphatic imine (C=N–C) groups is 1. The standard InChI is InChI=1S/C23H22BrFN4OS/c1-12-19-22(28-21(26)31-23(12,19)20(30)29(2)3)10-14-5-4-13(8-16(14)22)9-17(25)18-7-6-15(24)11-27-18/h4-9,11-12,19H,10H2,1-3H3,(H2,26,28)/b17-9-/t12?,19?,22-,23+/m1/s1. The molecule has 31 heavy (non-hydrogen) atoms. The Balaban J connectivity index is 1.53. The number of thioether (sulfide) groups is 1. The van der Waals surface area contributed by atoms with E-state index < -0.39 is 16.1 Å². The van der Waals surface area contributed by atoms with Gasteiger partial charge in [0.05, 0.1) is 11.2 Å². The fourth-order valence-electron chi connectivity index (χ4n) is 5.27. The Kier molecular flexibility index (Phi) is 4.61. The summed E-state index contributed by atoms with van der Waals surface area (Å²) in [5.41, 5.74) is 8.98. The van der Waals surface area contributed by atoms with E-state index in [9.17, 15) is 9.18 Å². The van der Waals surface area contributed by atoms with Gasteiger partial charge in [0.25, 0.3) is 0 Å². The summed E-state index contributed by atoms with van der Waals surface area (Å²) in [6.45, 7) is 2.11. The quantitative estimate of drug-likeness (QED) is 0.684. The van der Waals surface area contributed by atoms with Crippen LogP contribution in [-0.4, -0.2) is 39.8 Å². The molecule has 1 aromatic carbocycles. The van der Waals surface area contributed by atoms with E-state index in [-0.39, 0.29) is 23.4 Å². The van der Waals surface area contributed by atoms with Crippen LogP contribution < -0.4 is 5.73 Å². The van der Waals surface area contributed by atoms with Gasteiger partial charge in [-0.3, -0.25) is 14.8 Å². The van der Waals surface area contributed by atoms with Crippen molar-refractivity contribution in [1.82, 2.24) is 9.88 Å². The van der Waals surface area contributed by atoms with Crippen molar-refractivity contribution in [2.24, 2.45) is 22.6 Å². The van der Waals surface area contributed by atoms with Crippen molar-refractivity contribution in [3.05, 3.63) is 63.4 Å². The second-order valence-corrected chi connectivity index (χ2v) is 10.9. The van der Waals surface area contributed by atoms with Gasteiger partial charge >= 0.3 is 0 Å². The van der Waals surface area contributed by atoms with E-state index in [0.717, 1.165) is 22.0 Å². The number of hydrogen-bond donors (Lipinski definition) is 1. The summed E-state index contributed by atoms with van der Waals surface area (Å²) < 4.78 is 15.0. The van der Waals surface area contributed by atoms with Crippen LogP contribution in [-0.2, 0) is 16.8 Å². The van der Waals surface area contributed by atoms with Crippen LogP contribution >= 0.6 is 27.7 Å². The number of amidine groups is 1. The minimum absolute atomic E-state index is 0.0805. The number of fused-ring (bicyclic) bond motifs is 4. The number of carbonyl (C=O) groups is 1. The first-order chi connectivity index (χ1) is 14.7. The molecule has 1 fully saturated rings. The smallest absolute Gasteiger partial charge is 0.239 e. The molecule has 2 aliphatic carbocycles. The van der Waals surface area contributed by atoms with Crippen LogP contribution in [0.3, 0.4) is 0 Å². The summed E-state index contributed by atoms with van der Waals surface area (Å²) in [7, 11) is 3.57. The van der Waals surface area contributed by atoms with E-state index in [1.165, 1.54) is 23.4 Å². The number of nitrogens with zero attached hydrogens (tertiary/aromatic N) is 3. The van der Waals surface area contributed by atoms with Gasteiger partial charge in [-0.1, -0.05) is 30.8 Å². The van der Waals surface area contributed by atoms with Gasteiger partial charge in [0, 0.05) is 37.1 Å². The summed E-state index contributed by atoms with van der Waals surface area (Å²) in [6, 6.07) is 9.30. The van der Waals surface area contributed by atoms with E-state index in [2.05, 4.69) is 27.8 Å². The lowest BCUT2D eigenvalue weighted by Crippen LogP contribution is -2.49. The van der Waals surface area contributed by atoms with Gasteiger partial charge in [-0.05, 0) is 62.8 Å². The fourth-order valence-corrected chi connectivity index (χ4v) is 7.11. The first-order valence-electron chi connectivity index (χ1n) is 10.1. The Morgan fingerprint density at radius 1 is 1.35 bits per heavy atom. The Bertz CT molecular complexity index is 1160. The van der Waals surface area contributed by atoms with Gasteiger partial charge in [-0.15, -0.1) is 0 Å². The minimum Gasteiger partial charge on any atom is -0.378 e. The monoisotopic (exact) mass is 500 g/mol. The Labute approximate surface area is 193 Å². The molecular formula is C23H22BrFN4OS. The summed E-state index contributed by atoms with van der Waals surface area (Å²) in [4.78, 5) is 23.7. The largest absolute Gasteiger partial charge is 0.378 e. The van der Waals surface area contributed by atoms with Crippen LogP contribution in [0.5, 0.6) is 0 Å². The number of nitrogens with two attached hydrogens (primary N) is 1. The molecule has 2 N–H and O–H groups in total. The van der Waals surface area contributed by atoms with Gasteiger partial charge in [-0.2, -0.15) is 0 Å². The van der Waals surface area contributed by atoms with Gasteiger partial charge < -0.3 is 10.6 Å². The molecule has 0 radical (unpaired) electrons. The lowest BCUT2D eigenvalue weighted by atomic mass is 9.66. The molecular weight excluding hydrogens is 479 g/mol. The molecule has 1 saturated carbocycles. The van der Waals surface area contributed by atoms with E-state index in [1.54, 1.807) is 37.3 Å². The van der Waals surface area contributed by atoms with Crippen LogP contribution in [0.1, 0.15) is 29.3 Å². The molecule has 2 aromatic rings. The minimum atomic E-state index is -0.564. The van der Waals surface area contributed by atoms with Crippen molar-refractivity contribution in [3.8, 4) is 0 Å². The normalized spacial score (nSPS) is 30.7. The first-order valence-corrected chi connectivity index (χ1v) is 11.7. The SMILES string of the molecule is CC1C2[C@@]1(C(=O)N(C)C)SC(N)=N[C@@]21Cc2ccc(/C=C(\F)c3ccc(Br)cn3)cc21. The van der Waals surface area contributed by atoms with E-state index >= 15 is 0 Å². The number of aromatic nitrogens is 1. The molecule has 1 aliphatic heterocycles. The van der Waals surface area contributed by atoms with Gasteiger partial charge in [0.1, 0.15) is 10.6 Å². The average Bonchev–Trinajstić information content (AvgIpc) is 3.33. The zero-order chi connectivity index (χ0) is 22.1. The number of amides is 1. The molecule has 1 amide bonds. The summed E-state index contributed by atoms with van der Waals surface area (Å²) in [6.07, 6.45) is 3.81. The maximum atomic E-state index is 14.8. The number of benzene rings is 1. The van der Waals surface area contributed by atoms with Crippen LogP contribution in [0.15, 0.2) is 46.0 Å². The van der Waals surface area contributed by atoms with Crippen LogP contribution in [0.25, 0.3) is 11.9 Å². The Morgan fingerprint density at radius 3 is 2.81 bits per heavy atom. The highest BCUT2D eigenvalue weighted by Crippen LogP contribution is 2.73. The molecule has 160 valence electrons. The maximum Gasteiger partial charge on any atom is 0.239 e. The third-order valence-electron chi connectivity index (χ3n) is 6.69. The number of halogens is 2. The summed E-state index contributed by atoms with van der Waals surface area (Å²) >= 11 is 4.71. The molecule has 4 atom stereocenters. The predicted molar refractivity (Wildman–Crippen MR) is 126 cm³/mol. The zero-order valence-corrected chi connectivity index (χ0v) is 19.8. The highest BCUT2D eigenvalue weighted by atomic mass is 79.9. The lowest BCUT2D eigenvalue weighted by Gasteiger charge is -2.45. The number of carbonyl (C=O) groups excluding carboxylic acids is 1. The highest BCUT2D eigenvalue weighted by Gasteiger charge is 2.78. The molecule has 0 bridgehead atoms. The molecule has 2 unspecified atom stereocenters. The first kappa shape index (κ1) is 20.7. The molecule has 5 nitrogen and oxygen atoms in total. The predicted octanol–water partition coefficient (Wildman–Crippen LogP) is 4.22. The number of hydrogen-bond acceptors (Lipinski definition) is 5. The average molecular weight is 501 g/mol. The van der Waals surface area contributed by atoms with E-state index in [4.69, 9.17) is 10.7 Å². The Morgan fingerprint density at radius 2 is 2.13 bits per heavy atom. The van der Waals surface area contributed by atoms with Crippen molar-refractivity contribution in [3.63, 3.8) is 0 Å². The Hall–Kier alpha value is -2.19. The maximum absolute atomic E-state index is 14.8. The molecule has 1 aromatic heterocycles.